The Bertz CT molecular complexity index is 687. The lowest BCUT2D eigenvalue weighted by Crippen LogP contribution is -2.51. The van der Waals surface area contributed by atoms with Gasteiger partial charge < -0.3 is 14.4 Å². The molecule has 0 atom stereocenters. The molecule has 2 amide bonds. The van der Waals surface area contributed by atoms with E-state index >= 15 is 0 Å². The highest BCUT2D eigenvalue weighted by atomic mass is 16.2. The first-order valence-corrected chi connectivity index (χ1v) is 8.31. The number of carbonyl (C=O) groups excluding carboxylic acids is 1. The monoisotopic (exact) mass is 327 g/mol. The Morgan fingerprint density at radius 3 is 2.54 bits per heavy atom. The SMILES string of the molecule is Cc1cc(-n2ccnc2)ccc1CN1CCN(C(=O)N(C)C)CC1. The van der Waals surface area contributed by atoms with Crippen LogP contribution in [0.25, 0.3) is 5.69 Å². The summed E-state index contributed by atoms with van der Waals surface area (Å²) in [6.07, 6.45) is 5.56. The summed E-state index contributed by atoms with van der Waals surface area (Å²) in [5.74, 6) is 0. The molecule has 1 aromatic heterocycles. The minimum atomic E-state index is 0.107. The maximum atomic E-state index is 12.0. The second-order valence-electron chi connectivity index (χ2n) is 6.52. The normalized spacial score (nSPS) is 15.5. The Hall–Kier alpha value is -2.34. The van der Waals surface area contributed by atoms with Gasteiger partial charge in [0.15, 0.2) is 0 Å². The maximum absolute atomic E-state index is 12.0. The fourth-order valence-electron chi connectivity index (χ4n) is 3.05. The van der Waals surface area contributed by atoms with Crippen LogP contribution in [-0.2, 0) is 6.54 Å². The molecule has 0 spiro atoms. The number of rotatable bonds is 3. The van der Waals surface area contributed by atoms with E-state index < -0.39 is 0 Å². The van der Waals surface area contributed by atoms with Gasteiger partial charge in [-0.3, -0.25) is 4.90 Å². The van der Waals surface area contributed by atoms with E-state index in [9.17, 15) is 4.79 Å². The summed E-state index contributed by atoms with van der Waals surface area (Å²) < 4.78 is 2.02. The molecule has 3 rings (SSSR count). The third kappa shape index (κ3) is 3.59. The Morgan fingerprint density at radius 2 is 1.96 bits per heavy atom. The minimum Gasteiger partial charge on any atom is -0.331 e. The van der Waals surface area contributed by atoms with Gasteiger partial charge in [0.05, 0.1) is 6.33 Å². The maximum Gasteiger partial charge on any atom is 0.319 e. The molecule has 1 fully saturated rings. The number of hydrogen-bond donors (Lipinski definition) is 0. The van der Waals surface area contributed by atoms with Crippen LogP contribution >= 0.6 is 0 Å². The van der Waals surface area contributed by atoms with E-state index in [-0.39, 0.29) is 6.03 Å². The van der Waals surface area contributed by atoms with Crippen molar-refractivity contribution in [2.75, 3.05) is 40.3 Å². The molecule has 0 saturated carbocycles. The topological polar surface area (TPSA) is 44.6 Å². The van der Waals surface area contributed by atoms with Crippen LogP contribution in [0.4, 0.5) is 4.79 Å². The predicted molar refractivity (Wildman–Crippen MR) is 94.2 cm³/mol. The summed E-state index contributed by atoms with van der Waals surface area (Å²) in [5, 5.41) is 0. The first kappa shape index (κ1) is 16.5. The number of amides is 2. The lowest BCUT2D eigenvalue weighted by atomic mass is 10.1. The molecular formula is C18H25N5O. The van der Waals surface area contributed by atoms with Crippen LogP contribution in [-0.4, -0.2) is 70.6 Å². The van der Waals surface area contributed by atoms with Crippen LogP contribution in [0.5, 0.6) is 0 Å². The van der Waals surface area contributed by atoms with Crippen LogP contribution in [0.3, 0.4) is 0 Å². The summed E-state index contributed by atoms with van der Waals surface area (Å²) in [4.78, 5) is 22.1. The Morgan fingerprint density at radius 1 is 1.21 bits per heavy atom. The molecule has 0 radical (unpaired) electrons. The van der Waals surface area contributed by atoms with Crippen LogP contribution in [0.15, 0.2) is 36.9 Å². The van der Waals surface area contributed by atoms with E-state index in [2.05, 4.69) is 35.0 Å². The summed E-state index contributed by atoms with van der Waals surface area (Å²) in [6.45, 7) is 6.51. The number of nitrogens with zero attached hydrogens (tertiary/aromatic N) is 5. The lowest BCUT2D eigenvalue weighted by Gasteiger charge is -2.36. The van der Waals surface area contributed by atoms with Crippen molar-refractivity contribution in [3.8, 4) is 5.69 Å². The Labute approximate surface area is 143 Å². The van der Waals surface area contributed by atoms with Crippen molar-refractivity contribution < 1.29 is 4.79 Å². The van der Waals surface area contributed by atoms with Gasteiger partial charge in [-0.1, -0.05) is 6.07 Å². The van der Waals surface area contributed by atoms with Crippen molar-refractivity contribution in [3.63, 3.8) is 0 Å². The molecule has 128 valence electrons. The zero-order valence-electron chi connectivity index (χ0n) is 14.6. The van der Waals surface area contributed by atoms with Crippen molar-refractivity contribution >= 4 is 6.03 Å². The molecule has 0 aliphatic carbocycles. The number of urea groups is 1. The van der Waals surface area contributed by atoms with Crippen LogP contribution in [0.1, 0.15) is 11.1 Å². The van der Waals surface area contributed by atoms with E-state index in [0.717, 1.165) is 38.4 Å². The fraction of sp³-hybridized carbons (Fsp3) is 0.444. The molecule has 6 heteroatoms. The van der Waals surface area contributed by atoms with E-state index in [4.69, 9.17) is 0 Å². The molecule has 2 heterocycles. The van der Waals surface area contributed by atoms with Gasteiger partial charge in [-0.25, -0.2) is 9.78 Å². The molecule has 24 heavy (non-hydrogen) atoms. The highest BCUT2D eigenvalue weighted by molar-refractivity contribution is 5.73. The van der Waals surface area contributed by atoms with Crippen LogP contribution in [0.2, 0.25) is 0 Å². The van der Waals surface area contributed by atoms with Gasteiger partial charge in [0, 0.05) is 64.9 Å². The Balaban J connectivity index is 1.60. The molecule has 0 N–H and O–H groups in total. The average Bonchev–Trinajstić information content (AvgIpc) is 3.11. The van der Waals surface area contributed by atoms with Gasteiger partial charge in [-0.2, -0.15) is 0 Å². The first-order chi connectivity index (χ1) is 11.5. The molecule has 1 aliphatic rings. The summed E-state index contributed by atoms with van der Waals surface area (Å²) in [5.41, 5.74) is 3.76. The average molecular weight is 327 g/mol. The third-order valence-corrected chi connectivity index (χ3v) is 4.55. The molecule has 0 unspecified atom stereocenters. The van der Waals surface area contributed by atoms with Crippen molar-refractivity contribution in [2.24, 2.45) is 0 Å². The molecule has 6 nitrogen and oxygen atoms in total. The second-order valence-corrected chi connectivity index (χ2v) is 6.52. The largest absolute Gasteiger partial charge is 0.331 e. The first-order valence-electron chi connectivity index (χ1n) is 8.31. The van der Waals surface area contributed by atoms with E-state index in [1.807, 2.05) is 22.0 Å². The number of aryl methyl sites for hydroxylation is 1. The molecular weight excluding hydrogens is 302 g/mol. The van der Waals surface area contributed by atoms with Gasteiger partial charge in [0.25, 0.3) is 0 Å². The number of imidazole rings is 1. The van der Waals surface area contributed by atoms with Crippen molar-refractivity contribution in [1.82, 2.24) is 24.3 Å². The second kappa shape index (κ2) is 7.05. The van der Waals surface area contributed by atoms with Gasteiger partial charge in [-0.15, -0.1) is 0 Å². The van der Waals surface area contributed by atoms with Crippen molar-refractivity contribution in [2.45, 2.75) is 13.5 Å². The zero-order valence-corrected chi connectivity index (χ0v) is 14.6. The summed E-state index contributed by atoms with van der Waals surface area (Å²) in [7, 11) is 3.61. The zero-order chi connectivity index (χ0) is 17.1. The smallest absolute Gasteiger partial charge is 0.319 e. The minimum absolute atomic E-state index is 0.107. The van der Waals surface area contributed by atoms with Gasteiger partial charge >= 0.3 is 6.03 Å². The molecule has 2 aromatic rings. The Kier molecular flexibility index (Phi) is 4.85. The highest BCUT2D eigenvalue weighted by Crippen LogP contribution is 2.17. The number of carbonyl (C=O) groups is 1. The molecule has 1 aromatic carbocycles. The van der Waals surface area contributed by atoms with E-state index in [1.54, 1.807) is 25.2 Å². The van der Waals surface area contributed by atoms with Gasteiger partial charge in [-0.05, 0) is 30.2 Å². The quantitative estimate of drug-likeness (QED) is 0.866. The van der Waals surface area contributed by atoms with Gasteiger partial charge in [0.2, 0.25) is 0 Å². The van der Waals surface area contributed by atoms with Crippen LogP contribution < -0.4 is 0 Å². The van der Waals surface area contributed by atoms with Crippen LogP contribution in [0, 0.1) is 6.92 Å². The van der Waals surface area contributed by atoms with Crippen molar-refractivity contribution in [1.29, 1.82) is 0 Å². The fourth-order valence-corrected chi connectivity index (χ4v) is 3.05. The summed E-state index contributed by atoms with van der Waals surface area (Å²) in [6, 6.07) is 6.64. The molecule has 1 saturated heterocycles. The number of hydrogen-bond acceptors (Lipinski definition) is 3. The van der Waals surface area contributed by atoms with Gasteiger partial charge in [0.1, 0.15) is 0 Å². The van der Waals surface area contributed by atoms with Crippen molar-refractivity contribution in [3.05, 3.63) is 48.0 Å². The highest BCUT2D eigenvalue weighted by Gasteiger charge is 2.22. The number of benzene rings is 1. The lowest BCUT2D eigenvalue weighted by molar-refractivity contribution is 0.120. The standard InChI is InChI=1S/C18H25N5O/c1-15-12-17(23-7-6-19-14-23)5-4-16(15)13-21-8-10-22(11-9-21)18(24)20(2)3/h4-7,12,14H,8-11,13H2,1-3H3. The van der Waals surface area contributed by atoms with E-state index in [0.29, 0.717) is 0 Å². The summed E-state index contributed by atoms with van der Waals surface area (Å²) >= 11 is 0. The molecule has 0 bridgehead atoms. The predicted octanol–water partition coefficient (Wildman–Crippen LogP) is 1.98. The number of aromatic nitrogens is 2. The van der Waals surface area contributed by atoms with E-state index in [1.165, 1.54) is 11.1 Å². The number of piperazine rings is 1. The molecule has 1 aliphatic heterocycles. The third-order valence-electron chi connectivity index (χ3n) is 4.55.